The number of rotatable bonds is 2. The molecule has 0 bridgehead atoms. The van der Waals surface area contributed by atoms with Crippen LogP contribution in [0.1, 0.15) is 45.1 Å². The van der Waals surface area contributed by atoms with Gasteiger partial charge in [-0.1, -0.05) is 19.0 Å². The third-order valence-electron chi connectivity index (χ3n) is 3.44. The van der Waals surface area contributed by atoms with Crippen LogP contribution in [0.3, 0.4) is 0 Å². The zero-order chi connectivity index (χ0) is 13.0. The maximum atomic E-state index is 8.69. The van der Waals surface area contributed by atoms with E-state index in [9.17, 15) is 0 Å². The summed E-state index contributed by atoms with van der Waals surface area (Å²) in [6, 6.07) is 9.09. The zero-order valence-corrected chi connectivity index (χ0v) is 10.9. The first-order valence-electron chi connectivity index (χ1n) is 6.32. The van der Waals surface area contributed by atoms with Crippen LogP contribution in [0.2, 0.25) is 0 Å². The minimum atomic E-state index is 0.438. The summed E-state index contributed by atoms with van der Waals surface area (Å²) in [6.45, 7) is 4.59. The van der Waals surface area contributed by atoms with Gasteiger partial charge in [0.15, 0.2) is 5.75 Å². The molecule has 1 saturated carbocycles. The smallest absolute Gasteiger partial charge is 0.158 e. The van der Waals surface area contributed by atoms with Gasteiger partial charge >= 0.3 is 0 Å². The molecule has 1 aliphatic rings. The fourth-order valence-corrected chi connectivity index (χ4v) is 2.01. The van der Waals surface area contributed by atoms with E-state index in [1.807, 2.05) is 0 Å². The van der Waals surface area contributed by atoms with Gasteiger partial charge in [0, 0.05) is 0 Å². The van der Waals surface area contributed by atoms with Crippen molar-refractivity contribution in [2.24, 2.45) is 10.6 Å². The Morgan fingerprint density at radius 2 is 1.78 bits per heavy atom. The van der Waals surface area contributed by atoms with Crippen molar-refractivity contribution in [2.75, 3.05) is 0 Å². The highest BCUT2D eigenvalue weighted by Crippen LogP contribution is 2.33. The second-order valence-corrected chi connectivity index (χ2v) is 5.55. The number of nitriles is 1. The molecule has 0 unspecified atom stereocenters. The second-order valence-electron chi connectivity index (χ2n) is 5.55. The molecule has 0 aromatic heterocycles. The van der Waals surface area contributed by atoms with Crippen molar-refractivity contribution in [2.45, 2.75) is 39.5 Å². The molecule has 2 rings (SSSR count). The maximum Gasteiger partial charge on any atom is 0.158 e. The lowest BCUT2D eigenvalue weighted by atomic mass is 9.77. The van der Waals surface area contributed by atoms with E-state index in [-0.39, 0.29) is 0 Å². The predicted molar refractivity (Wildman–Crippen MR) is 71.5 cm³/mol. The van der Waals surface area contributed by atoms with E-state index in [4.69, 9.17) is 10.1 Å². The second kappa shape index (κ2) is 5.22. The Kier molecular flexibility index (Phi) is 3.66. The molecular weight excluding hydrogens is 224 g/mol. The van der Waals surface area contributed by atoms with E-state index in [0.29, 0.717) is 16.7 Å². The molecule has 1 aliphatic carbocycles. The van der Waals surface area contributed by atoms with Gasteiger partial charge in [0.1, 0.15) is 0 Å². The van der Waals surface area contributed by atoms with Crippen molar-refractivity contribution in [3.63, 3.8) is 0 Å². The summed E-state index contributed by atoms with van der Waals surface area (Å²) >= 11 is 0. The quantitative estimate of drug-likeness (QED) is 0.738. The fraction of sp³-hybridized carbons (Fsp3) is 0.467. The van der Waals surface area contributed by atoms with E-state index < -0.39 is 0 Å². The molecule has 3 heteroatoms. The lowest BCUT2D eigenvalue weighted by Gasteiger charge is -2.29. The van der Waals surface area contributed by atoms with Crippen LogP contribution in [-0.2, 0) is 0 Å². The largest absolute Gasteiger partial charge is 0.357 e. The Labute approximate surface area is 108 Å². The van der Waals surface area contributed by atoms with Gasteiger partial charge < -0.3 is 4.84 Å². The zero-order valence-electron chi connectivity index (χ0n) is 10.9. The SMILES string of the molecule is CC1(C)CCC(=NOc2ccc(C#N)cc2)CC1. The van der Waals surface area contributed by atoms with Gasteiger partial charge in [-0.3, -0.25) is 0 Å². The average Bonchev–Trinajstić information content (AvgIpc) is 2.38. The lowest BCUT2D eigenvalue weighted by Crippen LogP contribution is -2.21. The highest BCUT2D eigenvalue weighted by molar-refractivity contribution is 5.84. The predicted octanol–water partition coefficient (Wildman–Crippen LogP) is 3.89. The van der Waals surface area contributed by atoms with Crippen LogP contribution in [0.25, 0.3) is 0 Å². The molecular formula is C15H18N2O. The van der Waals surface area contributed by atoms with Crippen molar-refractivity contribution < 1.29 is 4.84 Å². The summed E-state index contributed by atoms with van der Waals surface area (Å²) in [4.78, 5) is 5.39. The van der Waals surface area contributed by atoms with Crippen LogP contribution in [0.15, 0.2) is 29.4 Å². The maximum absolute atomic E-state index is 8.69. The van der Waals surface area contributed by atoms with E-state index in [0.717, 1.165) is 18.6 Å². The molecule has 0 radical (unpaired) electrons. The first kappa shape index (κ1) is 12.6. The van der Waals surface area contributed by atoms with E-state index in [1.54, 1.807) is 24.3 Å². The Morgan fingerprint density at radius 1 is 1.17 bits per heavy atom. The van der Waals surface area contributed by atoms with E-state index in [2.05, 4.69) is 25.1 Å². The van der Waals surface area contributed by atoms with Crippen LogP contribution in [0.5, 0.6) is 5.75 Å². The number of benzene rings is 1. The fourth-order valence-electron chi connectivity index (χ4n) is 2.01. The molecule has 94 valence electrons. The average molecular weight is 242 g/mol. The Balaban J connectivity index is 1.93. The molecule has 1 aromatic carbocycles. The molecule has 0 heterocycles. The van der Waals surface area contributed by atoms with Crippen molar-refractivity contribution in [1.29, 1.82) is 5.26 Å². The summed E-state index contributed by atoms with van der Waals surface area (Å²) in [7, 11) is 0. The molecule has 0 saturated heterocycles. The molecule has 0 N–H and O–H groups in total. The molecule has 3 nitrogen and oxygen atoms in total. The molecule has 18 heavy (non-hydrogen) atoms. The van der Waals surface area contributed by atoms with Crippen LogP contribution < -0.4 is 4.84 Å². The molecule has 0 aliphatic heterocycles. The minimum absolute atomic E-state index is 0.438. The summed E-state index contributed by atoms with van der Waals surface area (Å²) < 4.78 is 0. The van der Waals surface area contributed by atoms with Crippen LogP contribution in [0, 0.1) is 16.7 Å². The van der Waals surface area contributed by atoms with Crippen molar-refractivity contribution in [1.82, 2.24) is 0 Å². The molecule has 1 aromatic rings. The van der Waals surface area contributed by atoms with E-state index in [1.165, 1.54) is 12.8 Å². The molecule has 0 spiro atoms. The topological polar surface area (TPSA) is 45.4 Å². The van der Waals surface area contributed by atoms with Gasteiger partial charge in [-0.05, 0) is 55.4 Å². The summed E-state index contributed by atoms with van der Waals surface area (Å²) in [5.41, 5.74) is 2.21. The monoisotopic (exact) mass is 242 g/mol. The summed E-state index contributed by atoms with van der Waals surface area (Å²) in [5.74, 6) is 0.686. The first-order chi connectivity index (χ1) is 8.59. The van der Waals surface area contributed by atoms with E-state index >= 15 is 0 Å². The van der Waals surface area contributed by atoms with Crippen molar-refractivity contribution in [3.05, 3.63) is 29.8 Å². The third kappa shape index (κ3) is 3.33. The van der Waals surface area contributed by atoms with Gasteiger partial charge in [-0.15, -0.1) is 0 Å². The number of oxime groups is 1. The molecule has 0 amide bonds. The number of hydrogen-bond acceptors (Lipinski definition) is 3. The van der Waals surface area contributed by atoms with Crippen molar-refractivity contribution in [3.8, 4) is 11.8 Å². The number of hydrogen-bond donors (Lipinski definition) is 0. The van der Waals surface area contributed by atoms with Gasteiger partial charge in [0.25, 0.3) is 0 Å². The Morgan fingerprint density at radius 3 is 2.33 bits per heavy atom. The van der Waals surface area contributed by atoms with Crippen LogP contribution in [0.4, 0.5) is 0 Å². The Hall–Kier alpha value is -1.82. The standard InChI is InChI=1S/C15H18N2O/c1-15(2)9-7-13(8-10-15)17-18-14-5-3-12(11-16)4-6-14/h3-6H,7-10H2,1-2H3. The van der Waals surface area contributed by atoms with Crippen LogP contribution >= 0.6 is 0 Å². The highest BCUT2D eigenvalue weighted by Gasteiger charge is 2.24. The van der Waals surface area contributed by atoms with Crippen molar-refractivity contribution >= 4 is 5.71 Å². The van der Waals surface area contributed by atoms with Gasteiger partial charge in [-0.25, -0.2) is 0 Å². The van der Waals surface area contributed by atoms with Gasteiger partial charge in [-0.2, -0.15) is 5.26 Å². The Bertz CT molecular complexity index is 468. The normalized spacial score (nSPS) is 17.9. The number of nitrogens with zero attached hydrogens (tertiary/aromatic N) is 2. The first-order valence-corrected chi connectivity index (χ1v) is 6.32. The minimum Gasteiger partial charge on any atom is -0.357 e. The summed E-state index contributed by atoms with van der Waals surface area (Å²) in [5, 5.41) is 12.9. The van der Waals surface area contributed by atoms with Crippen LogP contribution in [-0.4, -0.2) is 5.71 Å². The highest BCUT2D eigenvalue weighted by atomic mass is 16.6. The molecule has 1 fully saturated rings. The third-order valence-corrected chi connectivity index (χ3v) is 3.44. The summed E-state index contributed by atoms with van der Waals surface area (Å²) in [6.07, 6.45) is 4.37. The molecule has 0 atom stereocenters. The lowest BCUT2D eigenvalue weighted by molar-refractivity contribution is 0.287. The van der Waals surface area contributed by atoms with Gasteiger partial charge in [0.05, 0.1) is 17.3 Å². The van der Waals surface area contributed by atoms with Gasteiger partial charge in [0.2, 0.25) is 0 Å².